The number of thiophene rings is 1. The molecule has 5 aromatic carbocycles. The Balaban J connectivity index is 1.17. The lowest BCUT2D eigenvalue weighted by Crippen LogP contribution is -2.43. The van der Waals surface area contributed by atoms with Crippen LogP contribution in [0.15, 0.2) is 140 Å². The van der Waals surface area contributed by atoms with Gasteiger partial charge in [-0.05, 0) is 127 Å². The molecule has 0 saturated carbocycles. The zero-order valence-electron chi connectivity index (χ0n) is 47.0. The number of rotatable bonds is 26. The minimum absolute atomic E-state index is 0.00535. The number of halogens is 1. The molecular formula is C62H67FN4O11S2Si. The molecule has 8 aromatic rings. The van der Waals surface area contributed by atoms with Crippen LogP contribution in [0.2, 0.25) is 18.1 Å². The van der Waals surface area contributed by atoms with Crippen LogP contribution in [0.1, 0.15) is 55.6 Å². The van der Waals surface area contributed by atoms with Crippen molar-refractivity contribution >= 4 is 46.0 Å². The Morgan fingerprint density at radius 2 is 1.57 bits per heavy atom. The number of carbonyl (C=O) groups excluding carboxylic acids is 1. The SMILES string of the molecule is C=CCOC[C@H](COS(=O)(=O)Cc1ccccc1)Oc1cc(C)c(-c2c(-c3ccc(F)cc3)sc3ncnc(O[C@H](Cc4cc(O[Si](C)(C)C(C)(C)C)ccc4OCc4ccnc(-c5ccccc5OC)n4)C(=O)OCC)c23)c(C)c1. The fourth-order valence-corrected chi connectivity index (χ4v) is 11.9. The zero-order valence-corrected chi connectivity index (χ0v) is 49.6. The van der Waals surface area contributed by atoms with Gasteiger partial charge in [-0.1, -0.05) is 81.4 Å². The monoisotopic (exact) mass is 1150 g/mol. The first-order valence-corrected chi connectivity index (χ1v) is 31.7. The van der Waals surface area contributed by atoms with Crippen LogP contribution in [0.25, 0.3) is 43.2 Å². The van der Waals surface area contributed by atoms with Crippen molar-refractivity contribution in [1.82, 2.24) is 19.9 Å². The Bertz CT molecular complexity index is 3570. The molecule has 0 aliphatic carbocycles. The van der Waals surface area contributed by atoms with E-state index in [1.54, 1.807) is 68.8 Å². The average Bonchev–Trinajstić information content (AvgIpc) is 4.02. The van der Waals surface area contributed by atoms with Gasteiger partial charge in [-0.2, -0.15) is 8.42 Å². The number of methoxy groups -OCH3 is 1. The van der Waals surface area contributed by atoms with E-state index in [0.717, 1.165) is 27.1 Å². The molecule has 0 radical (unpaired) electrons. The lowest BCUT2D eigenvalue weighted by molar-refractivity contribution is -0.151. The predicted molar refractivity (Wildman–Crippen MR) is 316 cm³/mol. The second-order valence-corrected chi connectivity index (χ2v) is 28.1. The van der Waals surface area contributed by atoms with Gasteiger partial charge in [0.25, 0.3) is 10.1 Å². The van der Waals surface area contributed by atoms with Crippen LogP contribution in [0.5, 0.6) is 28.9 Å². The van der Waals surface area contributed by atoms with E-state index in [9.17, 15) is 17.6 Å². The average molecular weight is 1160 g/mol. The number of aromatic nitrogens is 4. The first-order valence-electron chi connectivity index (χ1n) is 26.4. The summed E-state index contributed by atoms with van der Waals surface area (Å²) in [5, 5.41) is 0.384. The van der Waals surface area contributed by atoms with E-state index >= 15 is 0 Å². The van der Waals surface area contributed by atoms with E-state index < -0.39 is 42.4 Å². The van der Waals surface area contributed by atoms with E-state index in [1.807, 2.05) is 74.5 Å². The normalized spacial score (nSPS) is 12.6. The number of hydrogen-bond acceptors (Lipinski definition) is 16. The second kappa shape index (κ2) is 26.4. The van der Waals surface area contributed by atoms with Crippen LogP contribution in [-0.4, -0.2) is 88.4 Å². The predicted octanol–water partition coefficient (Wildman–Crippen LogP) is 13.3. The molecule has 0 aliphatic heterocycles. The Morgan fingerprint density at radius 3 is 2.27 bits per heavy atom. The van der Waals surface area contributed by atoms with Crippen LogP contribution in [-0.2, 0) is 47.4 Å². The maximum Gasteiger partial charge on any atom is 0.347 e. The number of aryl methyl sites for hydroxylation is 2. The smallest absolute Gasteiger partial charge is 0.347 e. The minimum atomic E-state index is -3.99. The third-order valence-corrected chi connectivity index (χ3v) is 20.3. The molecule has 0 N–H and O–H groups in total. The highest BCUT2D eigenvalue weighted by Crippen LogP contribution is 2.50. The van der Waals surface area contributed by atoms with E-state index in [-0.39, 0.29) is 56.1 Å². The maximum absolute atomic E-state index is 14.6. The molecule has 0 unspecified atom stereocenters. The Morgan fingerprint density at radius 1 is 0.840 bits per heavy atom. The molecule has 0 spiro atoms. The number of esters is 1. The first-order chi connectivity index (χ1) is 38.8. The molecule has 19 heteroatoms. The number of para-hydroxylation sites is 1. The summed E-state index contributed by atoms with van der Waals surface area (Å²) in [5.74, 6) is 1.34. The molecular weight excluding hydrogens is 1090 g/mol. The van der Waals surface area contributed by atoms with Crippen molar-refractivity contribution in [3.8, 4) is 61.8 Å². The summed E-state index contributed by atoms with van der Waals surface area (Å²) in [6.07, 6.45) is 2.50. The summed E-state index contributed by atoms with van der Waals surface area (Å²) in [6.45, 7) is 20.1. The lowest BCUT2D eigenvalue weighted by atomic mass is 9.92. The molecule has 81 heavy (non-hydrogen) atoms. The Hall–Kier alpha value is -7.55. The van der Waals surface area contributed by atoms with Gasteiger partial charge in [-0.15, -0.1) is 17.9 Å². The van der Waals surface area contributed by atoms with Crippen molar-refractivity contribution in [3.05, 3.63) is 174 Å². The topological polar surface area (TPSA) is 177 Å². The van der Waals surface area contributed by atoms with Gasteiger partial charge in [0.05, 0.1) is 43.6 Å². The highest BCUT2D eigenvalue weighted by atomic mass is 32.2. The Labute approximate surface area is 478 Å². The largest absolute Gasteiger partial charge is 0.543 e. The summed E-state index contributed by atoms with van der Waals surface area (Å²) in [7, 11) is -4.75. The highest BCUT2D eigenvalue weighted by Gasteiger charge is 2.39. The van der Waals surface area contributed by atoms with E-state index in [1.165, 1.54) is 29.8 Å². The quantitative estimate of drug-likeness (QED) is 0.0164. The number of fused-ring (bicyclic) bond motifs is 1. The van der Waals surface area contributed by atoms with Crippen LogP contribution in [0.4, 0.5) is 4.39 Å². The zero-order chi connectivity index (χ0) is 57.9. The molecule has 0 fully saturated rings. The molecule has 424 valence electrons. The summed E-state index contributed by atoms with van der Waals surface area (Å²) >= 11 is 1.36. The lowest BCUT2D eigenvalue weighted by Gasteiger charge is -2.36. The molecule has 0 aliphatic rings. The van der Waals surface area contributed by atoms with Gasteiger partial charge in [-0.25, -0.2) is 29.1 Å². The summed E-state index contributed by atoms with van der Waals surface area (Å²) in [4.78, 5) is 34.4. The molecule has 3 aromatic heterocycles. The van der Waals surface area contributed by atoms with E-state index in [2.05, 4.69) is 45.4 Å². The number of nitrogens with zero attached hydrogens (tertiary/aromatic N) is 4. The third kappa shape index (κ3) is 15.1. The van der Waals surface area contributed by atoms with E-state index in [0.29, 0.717) is 67.0 Å². The van der Waals surface area contributed by atoms with Crippen LogP contribution in [0, 0.1) is 19.7 Å². The van der Waals surface area contributed by atoms with Crippen molar-refractivity contribution < 1.29 is 54.6 Å². The number of ether oxygens (including phenoxy) is 6. The summed E-state index contributed by atoms with van der Waals surface area (Å²) in [6, 6.07) is 33.5. The fraction of sp³-hybridized carbons (Fsp3) is 0.306. The highest BCUT2D eigenvalue weighted by molar-refractivity contribution is 7.85. The van der Waals surface area contributed by atoms with Crippen LogP contribution < -0.4 is 23.4 Å². The van der Waals surface area contributed by atoms with Gasteiger partial charge in [0, 0.05) is 28.6 Å². The number of hydrogen-bond donors (Lipinski definition) is 0. The van der Waals surface area contributed by atoms with Crippen molar-refractivity contribution in [3.63, 3.8) is 0 Å². The molecule has 3 heterocycles. The van der Waals surface area contributed by atoms with E-state index in [4.69, 9.17) is 52.0 Å². The van der Waals surface area contributed by atoms with Gasteiger partial charge >= 0.3 is 5.97 Å². The second-order valence-electron chi connectivity index (χ2n) is 20.7. The third-order valence-electron chi connectivity index (χ3n) is 13.6. The van der Waals surface area contributed by atoms with Crippen molar-refractivity contribution in [2.75, 3.05) is 33.5 Å². The molecule has 0 amide bonds. The molecule has 15 nitrogen and oxygen atoms in total. The number of benzene rings is 5. The number of carbonyl (C=O) groups is 1. The van der Waals surface area contributed by atoms with Gasteiger partial charge in [0.15, 0.2) is 5.82 Å². The van der Waals surface area contributed by atoms with Gasteiger partial charge in [0.2, 0.25) is 20.3 Å². The summed E-state index contributed by atoms with van der Waals surface area (Å²) in [5.41, 5.74) is 6.17. The van der Waals surface area contributed by atoms with Crippen molar-refractivity contribution in [1.29, 1.82) is 0 Å². The molecule has 8 rings (SSSR count). The van der Waals surface area contributed by atoms with Crippen LogP contribution in [0.3, 0.4) is 0 Å². The Kier molecular flexibility index (Phi) is 19.4. The molecule has 0 bridgehead atoms. The van der Waals surface area contributed by atoms with Gasteiger partial charge in [0.1, 0.15) is 65.0 Å². The van der Waals surface area contributed by atoms with Gasteiger partial charge in [-0.3, -0.25) is 4.18 Å². The first kappa shape index (κ1) is 59.6. The van der Waals surface area contributed by atoms with Crippen molar-refractivity contribution in [2.45, 2.75) is 90.7 Å². The minimum Gasteiger partial charge on any atom is -0.543 e. The van der Waals surface area contributed by atoms with Crippen molar-refractivity contribution in [2.24, 2.45) is 0 Å². The molecule has 0 saturated heterocycles. The van der Waals surface area contributed by atoms with Crippen LogP contribution >= 0.6 is 11.3 Å². The summed E-state index contributed by atoms with van der Waals surface area (Å²) < 4.78 is 90.2. The maximum atomic E-state index is 14.6. The standard InChI is InChI=1S/C62H67FN4O11S2Si/c1-11-30-72-36-49(37-75-80(69,70)38-42-18-14-13-15-19-42)76-48-31-40(3)54(41(4)32-48)55-56-59(65-39-66-60(56)79-57(55)43-22-24-45(63)25-23-43)77-53(61(68)73-12-2)34-44-33-47(78-81(9,10)62(5,6)7)26-27-51(44)74-35-46-28-29-64-58(67-46)50-20-16-17-21-52(50)71-8/h11,13-29,31-33,39,49,53H,1,12,30,34-38H2,2-10H3/t49-,53-/m1/s1. The fourth-order valence-electron chi connectivity index (χ4n) is 8.71. The molecule has 2 atom stereocenters. The van der Waals surface area contributed by atoms with Gasteiger partial charge < -0.3 is 32.8 Å².